The summed E-state index contributed by atoms with van der Waals surface area (Å²) in [6.45, 7) is 4.12. The van der Waals surface area contributed by atoms with E-state index in [9.17, 15) is 9.59 Å². The normalized spacial score (nSPS) is 18.6. The number of hydrogen-bond acceptors (Lipinski definition) is 5. The number of carbonyl (C=O) groups excluding carboxylic acids is 2. The number of hydrogen-bond donors (Lipinski definition) is 2. The molecule has 7 nitrogen and oxygen atoms in total. The average Bonchev–Trinajstić information content (AvgIpc) is 2.71. The fraction of sp³-hybridized carbons (Fsp3) is 0.238. The van der Waals surface area contributed by atoms with Crippen LogP contribution in [0.3, 0.4) is 0 Å². The van der Waals surface area contributed by atoms with E-state index in [2.05, 4.69) is 17.2 Å². The van der Waals surface area contributed by atoms with E-state index in [0.717, 1.165) is 0 Å². The first-order chi connectivity index (χ1) is 13.6. The summed E-state index contributed by atoms with van der Waals surface area (Å²) in [7, 11) is 1.53. The molecule has 0 radical (unpaired) electrons. The number of ether oxygens (including phenoxy) is 3. The molecular weight excluding hydrogens is 360 g/mol. The van der Waals surface area contributed by atoms with E-state index >= 15 is 0 Å². The van der Waals surface area contributed by atoms with Gasteiger partial charge in [-0.1, -0.05) is 43.0 Å². The first kappa shape index (κ1) is 19.3. The van der Waals surface area contributed by atoms with E-state index < -0.39 is 24.0 Å². The summed E-state index contributed by atoms with van der Waals surface area (Å²) in [5, 5.41) is 5.31. The zero-order chi connectivity index (χ0) is 19.9. The molecule has 1 aliphatic rings. The highest BCUT2D eigenvalue weighted by Gasteiger charge is 2.40. The highest BCUT2D eigenvalue weighted by atomic mass is 16.6. The molecule has 7 heteroatoms. The van der Waals surface area contributed by atoms with E-state index in [4.69, 9.17) is 14.2 Å². The summed E-state index contributed by atoms with van der Waals surface area (Å²) in [5.41, 5.74) is 0.942. The zero-order valence-electron chi connectivity index (χ0n) is 15.5. The third-order valence-electron chi connectivity index (χ3n) is 4.34. The van der Waals surface area contributed by atoms with Crippen LogP contribution in [0.5, 0.6) is 11.5 Å². The van der Waals surface area contributed by atoms with Gasteiger partial charge in [0.2, 0.25) is 0 Å². The molecule has 1 heterocycles. The number of para-hydroxylation sites is 2. The minimum Gasteiger partial charge on any atom is -0.496 e. The topological polar surface area (TPSA) is 85.9 Å². The number of nitrogens with one attached hydrogen (secondary N) is 2. The van der Waals surface area contributed by atoms with Crippen LogP contribution < -0.4 is 20.1 Å². The van der Waals surface area contributed by atoms with E-state index in [1.54, 1.807) is 12.1 Å². The molecule has 28 heavy (non-hydrogen) atoms. The second kappa shape index (κ2) is 8.94. The third-order valence-corrected chi connectivity index (χ3v) is 4.34. The van der Waals surface area contributed by atoms with Gasteiger partial charge in [-0.3, -0.25) is 4.79 Å². The number of benzene rings is 2. The summed E-state index contributed by atoms with van der Waals surface area (Å²) >= 11 is 0. The van der Waals surface area contributed by atoms with Gasteiger partial charge in [-0.2, -0.15) is 0 Å². The molecule has 0 unspecified atom stereocenters. The van der Waals surface area contributed by atoms with Gasteiger partial charge in [-0.25, -0.2) is 4.79 Å². The van der Waals surface area contributed by atoms with Crippen LogP contribution >= 0.6 is 0 Å². The smallest absolute Gasteiger partial charge is 0.319 e. The Morgan fingerprint density at radius 2 is 1.79 bits per heavy atom. The maximum atomic E-state index is 12.7. The minimum atomic E-state index is -0.800. The molecule has 0 aliphatic carbocycles. The molecule has 3 rings (SSSR count). The molecule has 2 atom stereocenters. The van der Waals surface area contributed by atoms with Gasteiger partial charge in [0.15, 0.2) is 0 Å². The predicted octanol–water partition coefficient (Wildman–Crippen LogP) is 2.80. The summed E-state index contributed by atoms with van der Waals surface area (Å²) in [4.78, 5) is 24.7. The zero-order valence-corrected chi connectivity index (χ0v) is 15.5. The molecule has 1 saturated heterocycles. The molecular formula is C21H22N2O5. The van der Waals surface area contributed by atoms with E-state index in [0.29, 0.717) is 17.1 Å². The summed E-state index contributed by atoms with van der Waals surface area (Å²) in [6, 6.07) is 15.4. The Kier molecular flexibility index (Phi) is 6.16. The summed E-state index contributed by atoms with van der Waals surface area (Å²) in [5.74, 6) is -0.0510. The second-order valence-corrected chi connectivity index (χ2v) is 6.15. The van der Waals surface area contributed by atoms with Crippen LogP contribution in [0.25, 0.3) is 0 Å². The number of rotatable bonds is 7. The molecule has 1 fully saturated rings. The first-order valence-corrected chi connectivity index (χ1v) is 8.84. The van der Waals surface area contributed by atoms with Crippen molar-refractivity contribution >= 4 is 12.0 Å². The van der Waals surface area contributed by atoms with E-state index in [1.807, 2.05) is 42.5 Å². The van der Waals surface area contributed by atoms with Gasteiger partial charge in [0.05, 0.1) is 13.2 Å². The van der Waals surface area contributed by atoms with Gasteiger partial charge in [-0.15, -0.1) is 0 Å². The van der Waals surface area contributed by atoms with Crippen LogP contribution in [-0.2, 0) is 9.53 Å². The molecule has 0 spiro atoms. The van der Waals surface area contributed by atoms with Crippen LogP contribution in [0, 0.1) is 5.92 Å². The van der Waals surface area contributed by atoms with Gasteiger partial charge in [0, 0.05) is 11.3 Å². The Balaban J connectivity index is 1.68. The highest BCUT2D eigenvalue weighted by molar-refractivity contribution is 5.85. The van der Waals surface area contributed by atoms with Crippen LogP contribution in [0.2, 0.25) is 0 Å². The standard InChI is InChI=1S/C21H22N2O5/c1-14-18(20(24)28-13-12-27-15-8-4-3-5-9-15)19(23-21(25)22-14)16-10-6-7-11-17(16)26-2/h3-11,18-19H,1,12-13H2,2H3,(H2,22,23,25)/t18-,19-/m1/s1. The van der Waals surface area contributed by atoms with Crippen molar-refractivity contribution in [3.63, 3.8) is 0 Å². The number of methoxy groups -OCH3 is 1. The lowest BCUT2D eigenvalue weighted by molar-refractivity contribution is -0.149. The van der Waals surface area contributed by atoms with Gasteiger partial charge < -0.3 is 24.8 Å². The molecule has 2 aromatic carbocycles. The minimum absolute atomic E-state index is 0.0735. The highest BCUT2D eigenvalue weighted by Crippen LogP contribution is 2.35. The van der Waals surface area contributed by atoms with Gasteiger partial charge in [0.1, 0.15) is 30.6 Å². The molecule has 2 amide bonds. The van der Waals surface area contributed by atoms with Crippen molar-refractivity contribution in [3.8, 4) is 11.5 Å². The van der Waals surface area contributed by atoms with Crippen molar-refractivity contribution in [2.24, 2.45) is 5.92 Å². The molecule has 0 bridgehead atoms. The average molecular weight is 382 g/mol. The van der Waals surface area contributed by atoms with Crippen molar-refractivity contribution in [3.05, 3.63) is 72.4 Å². The van der Waals surface area contributed by atoms with Crippen LogP contribution in [-0.4, -0.2) is 32.3 Å². The Morgan fingerprint density at radius 1 is 1.07 bits per heavy atom. The quantitative estimate of drug-likeness (QED) is 0.568. The van der Waals surface area contributed by atoms with Crippen LogP contribution in [0.15, 0.2) is 66.9 Å². The first-order valence-electron chi connectivity index (χ1n) is 8.84. The van der Waals surface area contributed by atoms with Gasteiger partial charge >= 0.3 is 12.0 Å². The SMILES string of the molecule is C=C1NC(=O)N[C@H](c2ccccc2OC)[C@@H]1C(=O)OCCOc1ccccc1. The molecule has 0 aromatic heterocycles. The number of esters is 1. The van der Waals surface area contributed by atoms with Gasteiger partial charge in [0.25, 0.3) is 0 Å². The Morgan fingerprint density at radius 3 is 2.54 bits per heavy atom. The second-order valence-electron chi connectivity index (χ2n) is 6.15. The lowest BCUT2D eigenvalue weighted by atomic mass is 9.88. The molecule has 146 valence electrons. The molecule has 2 N–H and O–H groups in total. The lowest BCUT2D eigenvalue weighted by Crippen LogP contribution is -2.51. The van der Waals surface area contributed by atoms with Crippen molar-refractivity contribution in [2.45, 2.75) is 6.04 Å². The number of urea groups is 1. The van der Waals surface area contributed by atoms with E-state index in [-0.39, 0.29) is 18.9 Å². The van der Waals surface area contributed by atoms with Crippen LogP contribution in [0.1, 0.15) is 11.6 Å². The largest absolute Gasteiger partial charge is 0.496 e. The molecule has 2 aromatic rings. The summed E-state index contributed by atoms with van der Waals surface area (Å²) < 4.78 is 16.3. The molecule has 1 aliphatic heterocycles. The van der Waals surface area contributed by atoms with Crippen molar-refractivity contribution in [1.82, 2.24) is 10.6 Å². The Bertz CT molecular complexity index is 853. The maximum absolute atomic E-state index is 12.7. The third kappa shape index (κ3) is 4.43. The Hall–Kier alpha value is -3.48. The number of amides is 2. The molecule has 0 saturated carbocycles. The maximum Gasteiger partial charge on any atom is 0.319 e. The monoisotopic (exact) mass is 382 g/mol. The predicted molar refractivity (Wildman–Crippen MR) is 103 cm³/mol. The van der Waals surface area contributed by atoms with E-state index in [1.165, 1.54) is 7.11 Å². The van der Waals surface area contributed by atoms with Crippen molar-refractivity contribution in [1.29, 1.82) is 0 Å². The number of carbonyl (C=O) groups is 2. The van der Waals surface area contributed by atoms with Crippen molar-refractivity contribution < 1.29 is 23.8 Å². The fourth-order valence-corrected chi connectivity index (χ4v) is 3.05. The van der Waals surface area contributed by atoms with Crippen LogP contribution in [0.4, 0.5) is 4.79 Å². The van der Waals surface area contributed by atoms with Crippen molar-refractivity contribution in [2.75, 3.05) is 20.3 Å². The van der Waals surface area contributed by atoms with Gasteiger partial charge in [-0.05, 0) is 18.2 Å². The lowest BCUT2D eigenvalue weighted by Gasteiger charge is -2.33. The Labute approximate surface area is 163 Å². The fourth-order valence-electron chi connectivity index (χ4n) is 3.05. The summed E-state index contributed by atoms with van der Waals surface area (Å²) in [6.07, 6.45) is 0.